The number of ether oxygens (including phenoxy) is 2. The maximum atomic E-state index is 11.8. The molecule has 23 heavy (non-hydrogen) atoms. The lowest BCUT2D eigenvalue weighted by atomic mass is 10.1. The van der Waals surface area contributed by atoms with Gasteiger partial charge in [-0.25, -0.2) is 4.79 Å². The van der Waals surface area contributed by atoms with E-state index in [4.69, 9.17) is 14.7 Å². The van der Waals surface area contributed by atoms with Crippen molar-refractivity contribution < 1.29 is 14.3 Å². The lowest BCUT2D eigenvalue weighted by molar-refractivity contribution is -0.147. The molecule has 118 valence electrons. The first-order chi connectivity index (χ1) is 11.0. The van der Waals surface area contributed by atoms with E-state index >= 15 is 0 Å². The Morgan fingerprint density at radius 1 is 1.13 bits per heavy atom. The summed E-state index contributed by atoms with van der Waals surface area (Å²) in [5.74, 6) is 0.252. The van der Waals surface area contributed by atoms with E-state index in [9.17, 15) is 4.79 Å². The Bertz CT molecular complexity index is 736. The van der Waals surface area contributed by atoms with Gasteiger partial charge in [0.05, 0.1) is 11.6 Å². The molecule has 0 fully saturated rings. The first kappa shape index (κ1) is 16.6. The number of hydrogen-bond acceptors (Lipinski definition) is 4. The Hall–Kier alpha value is -2.80. The van der Waals surface area contributed by atoms with E-state index in [1.165, 1.54) is 0 Å². The molecule has 2 rings (SSSR count). The summed E-state index contributed by atoms with van der Waals surface area (Å²) in [7, 11) is 0. The fraction of sp³-hybridized carbons (Fsp3) is 0.263. The van der Waals surface area contributed by atoms with Gasteiger partial charge in [0.1, 0.15) is 12.4 Å². The molecular formula is C19H19NO3. The minimum absolute atomic E-state index is 0.0673. The van der Waals surface area contributed by atoms with Gasteiger partial charge < -0.3 is 9.47 Å². The fourth-order valence-corrected chi connectivity index (χ4v) is 2.48. The number of hydrogen-bond donors (Lipinski definition) is 0. The maximum absolute atomic E-state index is 11.8. The molecule has 0 heterocycles. The van der Waals surface area contributed by atoms with Gasteiger partial charge >= 0.3 is 5.97 Å². The number of carbonyl (C=O) groups is 1. The van der Waals surface area contributed by atoms with Crippen molar-refractivity contribution in [3.8, 4) is 11.8 Å². The van der Waals surface area contributed by atoms with Crippen molar-refractivity contribution in [2.24, 2.45) is 0 Å². The largest absolute Gasteiger partial charge is 0.481 e. The van der Waals surface area contributed by atoms with E-state index in [2.05, 4.69) is 6.07 Å². The van der Waals surface area contributed by atoms with Crippen LogP contribution in [0.5, 0.6) is 5.75 Å². The van der Waals surface area contributed by atoms with Crippen LogP contribution in [0.1, 0.15) is 27.8 Å². The molecule has 4 nitrogen and oxygen atoms in total. The van der Waals surface area contributed by atoms with Gasteiger partial charge in [-0.05, 0) is 38.0 Å². The Labute approximate surface area is 136 Å². The lowest BCUT2D eigenvalue weighted by Gasteiger charge is -2.13. The number of carbonyl (C=O) groups excluding carboxylic acids is 1. The summed E-state index contributed by atoms with van der Waals surface area (Å²) < 4.78 is 10.8. The predicted molar refractivity (Wildman–Crippen MR) is 87.1 cm³/mol. The summed E-state index contributed by atoms with van der Waals surface area (Å²) >= 11 is 0. The monoisotopic (exact) mass is 309 g/mol. The molecule has 0 aromatic heterocycles. The normalized spacial score (nSPS) is 10.0. The molecule has 0 saturated carbocycles. The molecule has 0 N–H and O–H groups in total. The standard InChI is InChI=1S/C19H19NO3/c1-13-8-14(2)19(15(3)9-13)23-12-18(21)22-11-17-7-5-4-6-16(17)10-20/h4-9H,11-12H2,1-3H3. The van der Waals surface area contributed by atoms with E-state index < -0.39 is 5.97 Å². The number of rotatable bonds is 5. The Kier molecular flexibility index (Phi) is 5.37. The molecule has 0 saturated heterocycles. The zero-order chi connectivity index (χ0) is 16.8. The molecule has 0 amide bonds. The predicted octanol–water partition coefficient (Wildman–Crippen LogP) is 3.61. The van der Waals surface area contributed by atoms with E-state index in [-0.39, 0.29) is 13.2 Å². The second kappa shape index (κ2) is 7.46. The summed E-state index contributed by atoms with van der Waals surface area (Å²) in [5, 5.41) is 9.00. The van der Waals surface area contributed by atoms with Crippen molar-refractivity contribution in [2.45, 2.75) is 27.4 Å². The summed E-state index contributed by atoms with van der Waals surface area (Å²) in [6.45, 7) is 5.83. The highest BCUT2D eigenvalue weighted by atomic mass is 16.6. The summed E-state index contributed by atoms with van der Waals surface area (Å²) in [4.78, 5) is 11.8. The van der Waals surface area contributed by atoms with Gasteiger partial charge in [0.2, 0.25) is 0 Å². The zero-order valence-corrected chi connectivity index (χ0v) is 13.6. The van der Waals surface area contributed by atoms with Crippen molar-refractivity contribution in [2.75, 3.05) is 6.61 Å². The van der Waals surface area contributed by atoms with Crippen molar-refractivity contribution in [1.82, 2.24) is 0 Å². The van der Waals surface area contributed by atoms with Crippen LogP contribution < -0.4 is 4.74 Å². The topological polar surface area (TPSA) is 59.3 Å². The van der Waals surface area contributed by atoms with Crippen LogP contribution in [0.4, 0.5) is 0 Å². The number of nitrogens with zero attached hydrogens (tertiary/aromatic N) is 1. The van der Waals surface area contributed by atoms with Gasteiger partial charge in [-0.15, -0.1) is 0 Å². The molecule has 4 heteroatoms. The third kappa shape index (κ3) is 4.33. The Balaban J connectivity index is 1.93. The van der Waals surface area contributed by atoms with Gasteiger partial charge in [0.25, 0.3) is 0 Å². The average molecular weight is 309 g/mol. The van der Waals surface area contributed by atoms with E-state index in [0.717, 1.165) is 16.7 Å². The van der Waals surface area contributed by atoms with Crippen molar-refractivity contribution >= 4 is 5.97 Å². The minimum Gasteiger partial charge on any atom is -0.481 e. The first-order valence-corrected chi connectivity index (χ1v) is 7.35. The first-order valence-electron chi connectivity index (χ1n) is 7.35. The molecule has 2 aromatic rings. The summed E-state index contributed by atoms with van der Waals surface area (Å²) in [5.41, 5.74) is 4.33. The van der Waals surface area contributed by atoms with Gasteiger partial charge in [-0.2, -0.15) is 5.26 Å². The highest BCUT2D eigenvalue weighted by molar-refractivity contribution is 5.71. The molecule has 0 bridgehead atoms. The van der Waals surface area contributed by atoms with Gasteiger partial charge in [-0.3, -0.25) is 0 Å². The van der Waals surface area contributed by atoms with Crippen LogP contribution in [0, 0.1) is 32.1 Å². The minimum atomic E-state index is -0.461. The third-order valence-electron chi connectivity index (χ3n) is 3.47. The second-order valence-electron chi connectivity index (χ2n) is 5.45. The number of aryl methyl sites for hydroxylation is 3. The molecular weight excluding hydrogens is 290 g/mol. The van der Waals surface area contributed by atoms with Crippen LogP contribution in [0.25, 0.3) is 0 Å². The van der Waals surface area contributed by atoms with Gasteiger partial charge in [0.15, 0.2) is 6.61 Å². The molecule has 0 spiro atoms. The van der Waals surface area contributed by atoms with Crippen LogP contribution in [0.15, 0.2) is 36.4 Å². The van der Waals surface area contributed by atoms with Crippen molar-refractivity contribution in [3.05, 3.63) is 64.2 Å². The maximum Gasteiger partial charge on any atom is 0.344 e. The molecule has 0 aliphatic rings. The van der Waals surface area contributed by atoms with Crippen LogP contribution in [0.3, 0.4) is 0 Å². The van der Waals surface area contributed by atoms with Crippen LogP contribution in [0.2, 0.25) is 0 Å². The third-order valence-corrected chi connectivity index (χ3v) is 3.47. The number of benzene rings is 2. The number of nitriles is 1. The Morgan fingerprint density at radius 3 is 2.43 bits per heavy atom. The molecule has 2 aromatic carbocycles. The highest BCUT2D eigenvalue weighted by Gasteiger charge is 2.10. The smallest absolute Gasteiger partial charge is 0.344 e. The van der Waals surface area contributed by atoms with Crippen molar-refractivity contribution in [1.29, 1.82) is 5.26 Å². The van der Waals surface area contributed by atoms with E-state index in [0.29, 0.717) is 16.9 Å². The Morgan fingerprint density at radius 2 is 1.78 bits per heavy atom. The lowest BCUT2D eigenvalue weighted by Crippen LogP contribution is -2.16. The second-order valence-corrected chi connectivity index (χ2v) is 5.45. The van der Waals surface area contributed by atoms with Crippen molar-refractivity contribution in [3.63, 3.8) is 0 Å². The van der Waals surface area contributed by atoms with E-state index in [1.54, 1.807) is 24.3 Å². The SMILES string of the molecule is Cc1cc(C)c(OCC(=O)OCc2ccccc2C#N)c(C)c1. The van der Waals surface area contributed by atoms with Gasteiger partial charge in [0, 0.05) is 5.56 Å². The molecule has 0 radical (unpaired) electrons. The number of esters is 1. The quantitative estimate of drug-likeness (QED) is 0.792. The molecule has 0 aliphatic carbocycles. The molecule has 0 unspecified atom stereocenters. The zero-order valence-electron chi connectivity index (χ0n) is 13.6. The van der Waals surface area contributed by atoms with Gasteiger partial charge in [-0.1, -0.05) is 35.9 Å². The summed E-state index contributed by atoms with van der Waals surface area (Å²) in [6.07, 6.45) is 0. The summed E-state index contributed by atoms with van der Waals surface area (Å²) in [6, 6.07) is 13.1. The van der Waals surface area contributed by atoms with Crippen LogP contribution in [-0.4, -0.2) is 12.6 Å². The highest BCUT2D eigenvalue weighted by Crippen LogP contribution is 2.24. The molecule has 0 aliphatic heterocycles. The average Bonchev–Trinajstić information content (AvgIpc) is 2.52. The molecule has 0 atom stereocenters. The van der Waals surface area contributed by atoms with Crippen LogP contribution >= 0.6 is 0 Å². The van der Waals surface area contributed by atoms with Crippen LogP contribution in [-0.2, 0) is 16.1 Å². The fourth-order valence-electron chi connectivity index (χ4n) is 2.48. The van der Waals surface area contributed by atoms with E-state index in [1.807, 2.05) is 32.9 Å².